The van der Waals surface area contributed by atoms with Crippen LogP contribution in [-0.2, 0) is 14.9 Å². The van der Waals surface area contributed by atoms with Gasteiger partial charge in [-0.25, -0.2) is 4.79 Å². The van der Waals surface area contributed by atoms with Gasteiger partial charge < -0.3 is 10.1 Å². The predicted molar refractivity (Wildman–Crippen MR) is 62.2 cm³/mol. The average molecular weight is 219 g/mol. The van der Waals surface area contributed by atoms with Gasteiger partial charge in [0.05, 0.1) is 0 Å². The maximum absolute atomic E-state index is 11.8. The summed E-state index contributed by atoms with van der Waals surface area (Å²) in [5.74, 6) is -0.194. The molecule has 0 radical (unpaired) electrons. The summed E-state index contributed by atoms with van der Waals surface area (Å²) in [5, 5.41) is 3.01. The van der Waals surface area contributed by atoms with E-state index in [1.807, 2.05) is 18.2 Å². The second-order valence-electron chi connectivity index (χ2n) is 4.80. The molecule has 2 rings (SSSR count). The number of ether oxygens (including phenoxy) is 1. The molecule has 1 N–H and O–H groups in total. The molecule has 0 aliphatic carbocycles. The topological polar surface area (TPSA) is 38.3 Å². The smallest absolute Gasteiger partial charge is 0.327 e. The fourth-order valence-corrected chi connectivity index (χ4v) is 2.18. The highest BCUT2D eigenvalue weighted by Crippen LogP contribution is 2.33. The first-order valence-electron chi connectivity index (χ1n) is 5.49. The van der Waals surface area contributed by atoms with Gasteiger partial charge >= 0.3 is 5.97 Å². The van der Waals surface area contributed by atoms with E-state index in [9.17, 15) is 4.79 Å². The highest BCUT2D eigenvalue weighted by Gasteiger charge is 2.34. The van der Waals surface area contributed by atoms with Gasteiger partial charge in [-0.05, 0) is 18.2 Å². The van der Waals surface area contributed by atoms with Crippen molar-refractivity contribution in [2.24, 2.45) is 0 Å². The monoisotopic (exact) mass is 219 g/mol. The van der Waals surface area contributed by atoms with Crippen molar-refractivity contribution in [3.8, 4) is 0 Å². The van der Waals surface area contributed by atoms with Crippen molar-refractivity contribution >= 4 is 5.97 Å². The Bertz CT molecular complexity index is 412. The van der Waals surface area contributed by atoms with Crippen molar-refractivity contribution < 1.29 is 9.53 Å². The van der Waals surface area contributed by atoms with Crippen LogP contribution in [-0.4, -0.2) is 19.6 Å². The van der Waals surface area contributed by atoms with E-state index in [1.165, 1.54) is 5.56 Å². The molecule has 0 saturated carbocycles. The highest BCUT2D eigenvalue weighted by molar-refractivity contribution is 5.79. The Morgan fingerprint density at radius 2 is 2.06 bits per heavy atom. The van der Waals surface area contributed by atoms with Gasteiger partial charge in [0.15, 0.2) is 0 Å². The molecular weight excluding hydrogens is 202 g/mol. The van der Waals surface area contributed by atoms with Gasteiger partial charge in [0.25, 0.3) is 0 Å². The third-order valence-electron chi connectivity index (χ3n) is 3.10. The van der Waals surface area contributed by atoms with Crippen LogP contribution >= 0.6 is 0 Å². The van der Waals surface area contributed by atoms with Gasteiger partial charge in [-0.15, -0.1) is 0 Å². The second-order valence-corrected chi connectivity index (χ2v) is 4.80. The Labute approximate surface area is 95.8 Å². The molecule has 1 aliphatic heterocycles. The van der Waals surface area contributed by atoms with Gasteiger partial charge in [0, 0.05) is 5.41 Å². The van der Waals surface area contributed by atoms with E-state index in [0.717, 1.165) is 5.56 Å². The number of carbonyl (C=O) groups is 1. The number of hydrogen-bond donors (Lipinski definition) is 1. The predicted octanol–water partition coefficient (Wildman–Crippen LogP) is 1.78. The van der Waals surface area contributed by atoms with Crippen molar-refractivity contribution in [3.05, 3.63) is 35.4 Å². The van der Waals surface area contributed by atoms with E-state index in [4.69, 9.17) is 4.74 Å². The number of nitrogens with one attached hydrogen (secondary N) is 1. The third-order valence-corrected chi connectivity index (χ3v) is 3.10. The van der Waals surface area contributed by atoms with Crippen molar-refractivity contribution in [2.75, 3.05) is 13.7 Å². The van der Waals surface area contributed by atoms with E-state index >= 15 is 0 Å². The first-order chi connectivity index (χ1) is 7.56. The summed E-state index contributed by atoms with van der Waals surface area (Å²) in [6.45, 7) is 4.62. The minimum Gasteiger partial charge on any atom is -0.463 e. The molecule has 1 aromatic rings. The molecule has 1 heterocycles. The zero-order valence-corrected chi connectivity index (χ0v) is 9.91. The van der Waals surface area contributed by atoms with Crippen LogP contribution in [0, 0.1) is 0 Å². The van der Waals surface area contributed by atoms with Gasteiger partial charge in [-0.1, -0.05) is 38.1 Å². The zero-order chi connectivity index (χ0) is 11.8. The van der Waals surface area contributed by atoms with E-state index in [0.29, 0.717) is 6.61 Å². The Morgan fingerprint density at radius 3 is 2.75 bits per heavy atom. The first kappa shape index (κ1) is 11.1. The second kappa shape index (κ2) is 3.91. The average Bonchev–Trinajstić information content (AvgIpc) is 2.36. The molecule has 3 heteroatoms. The minimum atomic E-state index is -0.349. The lowest BCUT2D eigenvalue weighted by atomic mass is 9.81. The fourth-order valence-electron chi connectivity index (χ4n) is 2.18. The van der Waals surface area contributed by atoms with Crippen LogP contribution in [0.15, 0.2) is 24.3 Å². The van der Waals surface area contributed by atoms with Crippen LogP contribution < -0.4 is 5.32 Å². The lowest BCUT2D eigenvalue weighted by Gasteiger charge is -2.24. The summed E-state index contributed by atoms with van der Waals surface area (Å²) >= 11 is 0. The Balaban J connectivity index is 2.58. The van der Waals surface area contributed by atoms with Crippen LogP contribution in [0.4, 0.5) is 0 Å². The van der Waals surface area contributed by atoms with E-state index in [1.54, 1.807) is 7.05 Å². The number of fused-ring (bicyclic) bond motifs is 1. The van der Waals surface area contributed by atoms with E-state index in [-0.39, 0.29) is 17.4 Å². The van der Waals surface area contributed by atoms with Crippen LogP contribution in [0.5, 0.6) is 0 Å². The van der Waals surface area contributed by atoms with E-state index < -0.39 is 0 Å². The molecule has 16 heavy (non-hydrogen) atoms. The molecular formula is C13H17NO2. The van der Waals surface area contributed by atoms with Crippen LogP contribution in [0.3, 0.4) is 0 Å². The van der Waals surface area contributed by atoms with Crippen LogP contribution in [0.25, 0.3) is 0 Å². The summed E-state index contributed by atoms with van der Waals surface area (Å²) in [5.41, 5.74) is 2.08. The summed E-state index contributed by atoms with van der Waals surface area (Å²) in [6.07, 6.45) is 0. The van der Waals surface area contributed by atoms with Crippen molar-refractivity contribution in [2.45, 2.75) is 25.3 Å². The number of cyclic esters (lactones) is 1. The molecule has 86 valence electrons. The van der Waals surface area contributed by atoms with Gasteiger partial charge in [0.2, 0.25) is 0 Å². The Morgan fingerprint density at radius 1 is 1.38 bits per heavy atom. The van der Waals surface area contributed by atoms with Gasteiger partial charge in [-0.3, -0.25) is 0 Å². The normalized spacial score (nSPS) is 23.2. The SMILES string of the molecule is CNC1C(=O)OCC(C)(C)c2ccccc21. The molecule has 0 fully saturated rings. The lowest BCUT2D eigenvalue weighted by molar-refractivity contribution is -0.147. The summed E-state index contributed by atoms with van der Waals surface area (Å²) in [4.78, 5) is 11.8. The van der Waals surface area contributed by atoms with Gasteiger partial charge in [-0.2, -0.15) is 0 Å². The van der Waals surface area contributed by atoms with Crippen LogP contribution in [0.2, 0.25) is 0 Å². The molecule has 0 spiro atoms. The molecule has 1 atom stereocenters. The molecule has 1 unspecified atom stereocenters. The summed E-state index contributed by atoms with van der Waals surface area (Å²) in [6, 6.07) is 7.67. The van der Waals surface area contributed by atoms with Gasteiger partial charge in [0.1, 0.15) is 12.6 Å². The number of esters is 1. The number of rotatable bonds is 1. The maximum Gasteiger partial charge on any atom is 0.327 e. The van der Waals surface area contributed by atoms with Crippen molar-refractivity contribution in [1.29, 1.82) is 0 Å². The van der Waals surface area contributed by atoms with Crippen LogP contribution in [0.1, 0.15) is 31.0 Å². The number of hydrogen-bond acceptors (Lipinski definition) is 3. The first-order valence-corrected chi connectivity index (χ1v) is 5.49. The molecule has 1 aliphatic rings. The Hall–Kier alpha value is -1.35. The molecule has 3 nitrogen and oxygen atoms in total. The maximum atomic E-state index is 11.8. The number of carbonyl (C=O) groups excluding carboxylic acids is 1. The van der Waals surface area contributed by atoms with Crippen molar-refractivity contribution in [3.63, 3.8) is 0 Å². The minimum absolute atomic E-state index is 0.127. The van der Waals surface area contributed by atoms with E-state index in [2.05, 4.69) is 25.2 Å². The fraction of sp³-hybridized carbons (Fsp3) is 0.462. The lowest BCUT2D eigenvalue weighted by Crippen LogP contribution is -2.26. The zero-order valence-electron chi connectivity index (χ0n) is 9.91. The standard InChI is InChI=1S/C13H17NO2/c1-13(2)8-16-12(15)11(14-3)9-6-4-5-7-10(9)13/h4-7,11,14H,8H2,1-3H3. The summed E-state index contributed by atoms with van der Waals surface area (Å²) < 4.78 is 5.30. The summed E-state index contributed by atoms with van der Waals surface area (Å²) in [7, 11) is 1.78. The molecule has 0 amide bonds. The number of benzene rings is 1. The highest BCUT2D eigenvalue weighted by atomic mass is 16.5. The molecule has 0 aromatic heterocycles. The molecule has 0 bridgehead atoms. The molecule has 1 aromatic carbocycles. The third kappa shape index (κ3) is 1.71. The Kier molecular flexibility index (Phi) is 2.72. The molecule has 0 saturated heterocycles. The quantitative estimate of drug-likeness (QED) is 0.732. The van der Waals surface area contributed by atoms with Crippen molar-refractivity contribution in [1.82, 2.24) is 5.32 Å². The number of likely N-dealkylation sites (N-methyl/N-ethyl adjacent to an activating group) is 1. The largest absolute Gasteiger partial charge is 0.463 e.